The van der Waals surface area contributed by atoms with Crippen molar-refractivity contribution in [2.75, 3.05) is 13.1 Å². The van der Waals surface area contributed by atoms with Crippen LogP contribution in [0.2, 0.25) is 0 Å². The lowest BCUT2D eigenvalue weighted by Gasteiger charge is -2.28. The number of amides is 3. The van der Waals surface area contributed by atoms with Gasteiger partial charge in [-0.1, -0.05) is 31.9 Å². The summed E-state index contributed by atoms with van der Waals surface area (Å²) in [6.45, 7) is 5.77. The number of unbranched alkanes of at least 4 members (excludes halogenated alkanes) is 1. The van der Waals surface area contributed by atoms with Crippen molar-refractivity contribution in [1.29, 1.82) is 0 Å². The molecule has 3 amide bonds. The maximum absolute atomic E-state index is 13.1. The highest BCUT2D eigenvalue weighted by molar-refractivity contribution is 5.90. The fraction of sp³-hybridized carbons (Fsp3) is 0.474. The van der Waals surface area contributed by atoms with Gasteiger partial charge >= 0.3 is 0 Å². The minimum absolute atomic E-state index is 0.155. The van der Waals surface area contributed by atoms with Crippen LogP contribution in [-0.4, -0.2) is 62.5 Å². The Morgan fingerprint density at radius 1 is 1.48 bits per heavy atom. The van der Waals surface area contributed by atoms with E-state index in [0.29, 0.717) is 28.2 Å². The summed E-state index contributed by atoms with van der Waals surface area (Å²) in [6.07, 6.45) is 3.16. The molecule has 2 heterocycles. The second kappa shape index (κ2) is 9.97. The zero-order valence-corrected chi connectivity index (χ0v) is 16.2. The molecular weight excluding hydrogens is 383 g/mol. The summed E-state index contributed by atoms with van der Waals surface area (Å²) in [6, 6.07) is 1.26. The average Bonchev–Trinajstić information content (AvgIpc) is 3.08. The van der Waals surface area contributed by atoms with E-state index in [4.69, 9.17) is 0 Å². The topological polar surface area (TPSA) is 115 Å². The van der Waals surface area contributed by atoms with Gasteiger partial charge in [-0.3, -0.25) is 19.6 Å². The van der Waals surface area contributed by atoms with E-state index in [1.54, 1.807) is 0 Å². The number of carbonyl (C=O) groups is 3. The maximum Gasteiger partial charge on any atom is 0.270 e. The molecule has 1 aromatic heterocycles. The summed E-state index contributed by atoms with van der Waals surface area (Å²) in [5, 5.41) is 19.6. The van der Waals surface area contributed by atoms with Crippen molar-refractivity contribution in [3.05, 3.63) is 41.8 Å². The monoisotopic (exact) mass is 408 g/mol. The van der Waals surface area contributed by atoms with Crippen molar-refractivity contribution in [3.63, 3.8) is 0 Å². The number of rotatable bonds is 8. The highest BCUT2D eigenvalue weighted by Gasteiger charge is 2.38. The molecule has 0 bridgehead atoms. The Bertz CT molecular complexity index is 853. The summed E-state index contributed by atoms with van der Waals surface area (Å²) in [5.74, 6) is -2.45. The summed E-state index contributed by atoms with van der Waals surface area (Å²) < 4.78 is 13.5. The van der Waals surface area contributed by atoms with Crippen molar-refractivity contribution < 1.29 is 29.2 Å². The molecule has 0 aromatic carbocycles. The fourth-order valence-corrected chi connectivity index (χ4v) is 3.23. The molecule has 0 saturated carbocycles. The van der Waals surface area contributed by atoms with Crippen molar-refractivity contribution in [2.45, 2.75) is 38.6 Å². The standard InChI is InChI=1S/C19H25FN4O5/c1-3-4-5-14(10-22(28)12-25)19(27)23-9-13(2)8-16(23)18(26)21-17-7-6-15(20)11-24(17)29/h6-7,11-12,14,16,28-29H,2-5,8-10H2,1H3/t14-,16+/m1/s1. The van der Waals surface area contributed by atoms with E-state index < -0.39 is 23.7 Å². The number of hydroxylamine groups is 2. The number of likely N-dealkylation sites (tertiary alicyclic amines) is 1. The molecule has 9 nitrogen and oxygen atoms in total. The summed E-state index contributed by atoms with van der Waals surface area (Å²) in [7, 11) is 0. The van der Waals surface area contributed by atoms with Crippen molar-refractivity contribution >= 4 is 18.2 Å². The number of hydrogen-bond donors (Lipinski definition) is 2. The van der Waals surface area contributed by atoms with Gasteiger partial charge in [-0.05, 0) is 25.0 Å². The first-order chi connectivity index (χ1) is 13.8. The van der Waals surface area contributed by atoms with Crippen molar-refractivity contribution in [1.82, 2.24) is 14.7 Å². The molecule has 0 unspecified atom stereocenters. The van der Waals surface area contributed by atoms with E-state index in [9.17, 15) is 29.2 Å². The van der Waals surface area contributed by atoms with E-state index in [2.05, 4.69) is 11.6 Å². The molecule has 10 heteroatoms. The first-order valence-electron chi connectivity index (χ1n) is 9.30. The van der Waals surface area contributed by atoms with E-state index >= 15 is 0 Å². The van der Waals surface area contributed by atoms with Crippen LogP contribution >= 0.6 is 0 Å². The smallest absolute Gasteiger partial charge is 0.270 e. The van der Waals surface area contributed by atoms with Gasteiger partial charge in [0.25, 0.3) is 5.91 Å². The molecule has 1 aliphatic rings. The zero-order chi connectivity index (χ0) is 21.6. The number of aromatic nitrogens is 1. The lowest BCUT2D eigenvalue weighted by Crippen LogP contribution is -2.46. The van der Waals surface area contributed by atoms with Crippen LogP contribution in [0.1, 0.15) is 32.6 Å². The lowest BCUT2D eigenvalue weighted by molar-refractivity contribution is -0.157. The van der Waals surface area contributed by atoms with Gasteiger partial charge in [-0.15, -0.1) is 0 Å². The van der Waals surface area contributed by atoms with Gasteiger partial charge < -0.3 is 10.1 Å². The second-order valence-corrected chi connectivity index (χ2v) is 7.00. The van der Waals surface area contributed by atoms with Gasteiger partial charge in [0.1, 0.15) is 11.9 Å². The average molecular weight is 408 g/mol. The van der Waals surface area contributed by atoms with Crippen LogP contribution in [-0.2, 0) is 14.4 Å². The van der Waals surface area contributed by atoms with Crippen LogP contribution in [0.15, 0.2) is 35.5 Å². The van der Waals surface area contributed by atoms with Crippen molar-refractivity contribution in [2.24, 2.45) is 10.9 Å². The quantitative estimate of drug-likeness (QED) is 0.220. The molecule has 1 aliphatic heterocycles. The number of pyridine rings is 1. The molecule has 0 spiro atoms. The first-order valence-corrected chi connectivity index (χ1v) is 9.30. The Hall–Kier alpha value is -3.01. The minimum Gasteiger partial charge on any atom is -0.427 e. The third-order valence-corrected chi connectivity index (χ3v) is 4.70. The van der Waals surface area contributed by atoms with Gasteiger partial charge in [0.2, 0.25) is 12.3 Å². The van der Waals surface area contributed by atoms with E-state index in [0.717, 1.165) is 24.8 Å². The maximum atomic E-state index is 13.1. The number of carbonyl (C=O) groups excluding carboxylic acids is 3. The number of hydrogen-bond acceptors (Lipinski definition) is 5. The number of halogens is 1. The van der Waals surface area contributed by atoms with Crippen LogP contribution in [0.3, 0.4) is 0 Å². The second-order valence-electron chi connectivity index (χ2n) is 7.00. The van der Waals surface area contributed by atoms with Gasteiger partial charge in [0.15, 0.2) is 5.49 Å². The summed E-state index contributed by atoms with van der Waals surface area (Å²) >= 11 is 0. The zero-order valence-electron chi connectivity index (χ0n) is 16.2. The molecular formula is C19H25FN4O5. The molecule has 2 atom stereocenters. The molecule has 1 saturated heterocycles. The summed E-state index contributed by atoms with van der Waals surface area (Å²) in [4.78, 5) is 41.6. The largest absolute Gasteiger partial charge is 0.427 e. The molecule has 1 fully saturated rings. The Morgan fingerprint density at radius 2 is 2.21 bits per heavy atom. The van der Waals surface area contributed by atoms with Crippen LogP contribution < -0.4 is 5.49 Å². The molecule has 1 aromatic rings. The molecule has 0 radical (unpaired) electrons. The fourth-order valence-electron chi connectivity index (χ4n) is 3.23. The normalized spacial score (nSPS) is 18.0. The minimum atomic E-state index is -0.924. The van der Waals surface area contributed by atoms with Gasteiger partial charge in [0, 0.05) is 6.54 Å². The Labute approximate surface area is 167 Å². The third kappa shape index (κ3) is 5.74. The van der Waals surface area contributed by atoms with E-state index in [1.807, 2.05) is 6.92 Å². The van der Waals surface area contributed by atoms with E-state index in [-0.39, 0.29) is 37.3 Å². The van der Waals surface area contributed by atoms with E-state index in [1.165, 1.54) is 4.90 Å². The highest BCUT2D eigenvalue weighted by atomic mass is 19.1. The van der Waals surface area contributed by atoms with Gasteiger partial charge in [0.05, 0.1) is 18.7 Å². The Morgan fingerprint density at radius 3 is 2.83 bits per heavy atom. The Balaban J connectivity index is 2.27. The SMILES string of the molecule is C=C1C[C@@H](C(=O)N=c2ccc(F)cn2O)N(C(=O)[C@H](CCCC)CN(O)C=O)C1. The predicted octanol–water partition coefficient (Wildman–Crippen LogP) is 1.10. The summed E-state index contributed by atoms with van der Waals surface area (Å²) in [5.41, 5.74) is 0.486. The molecule has 29 heavy (non-hydrogen) atoms. The highest BCUT2D eigenvalue weighted by Crippen LogP contribution is 2.26. The molecule has 0 aliphatic carbocycles. The van der Waals surface area contributed by atoms with Crippen LogP contribution in [0.5, 0.6) is 0 Å². The molecule has 158 valence electrons. The molecule has 2 rings (SSSR count). The first kappa shape index (κ1) is 22.3. The van der Waals surface area contributed by atoms with Crippen LogP contribution in [0.25, 0.3) is 0 Å². The van der Waals surface area contributed by atoms with Crippen LogP contribution in [0.4, 0.5) is 4.39 Å². The lowest BCUT2D eigenvalue weighted by atomic mass is 9.99. The number of nitrogens with zero attached hydrogens (tertiary/aromatic N) is 4. The van der Waals surface area contributed by atoms with Gasteiger partial charge in [-0.25, -0.2) is 9.45 Å². The predicted molar refractivity (Wildman–Crippen MR) is 99.0 cm³/mol. The van der Waals surface area contributed by atoms with Crippen molar-refractivity contribution in [3.8, 4) is 0 Å². The Kier molecular flexibility index (Phi) is 7.66. The third-order valence-electron chi connectivity index (χ3n) is 4.70. The van der Waals surface area contributed by atoms with Gasteiger partial charge in [-0.2, -0.15) is 9.72 Å². The molecule has 2 N–H and O–H groups in total. The van der Waals surface area contributed by atoms with Crippen LogP contribution in [0, 0.1) is 11.7 Å².